The van der Waals surface area contributed by atoms with Gasteiger partial charge in [0.15, 0.2) is 0 Å². The quantitative estimate of drug-likeness (QED) is 0.755. The molecule has 4 nitrogen and oxygen atoms in total. The topological polar surface area (TPSA) is 69.4 Å². The van der Waals surface area contributed by atoms with Crippen LogP contribution >= 0.6 is 0 Å². The van der Waals surface area contributed by atoms with Crippen molar-refractivity contribution in [3.63, 3.8) is 0 Å². The highest BCUT2D eigenvalue weighted by Crippen LogP contribution is 2.33. The molecule has 0 atom stereocenters. The van der Waals surface area contributed by atoms with Crippen molar-refractivity contribution in [1.82, 2.24) is 0 Å². The van der Waals surface area contributed by atoms with E-state index in [9.17, 15) is 8.42 Å². The van der Waals surface area contributed by atoms with E-state index in [1.165, 1.54) is 6.07 Å². The van der Waals surface area contributed by atoms with E-state index in [4.69, 9.17) is 5.90 Å². The SMILES string of the molecule is NOS(=O)(=O)c1cccc2cccc(-c3ccccc3)c12. The monoisotopic (exact) mass is 299 g/mol. The van der Waals surface area contributed by atoms with Crippen LogP contribution in [0.1, 0.15) is 0 Å². The van der Waals surface area contributed by atoms with Crippen LogP contribution in [0.15, 0.2) is 71.6 Å². The smallest absolute Gasteiger partial charge is 0.197 e. The summed E-state index contributed by atoms with van der Waals surface area (Å²) in [7, 11) is -3.98. The van der Waals surface area contributed by atoms with Gasteiger partial charge in [0.2, 0.25) is 0 Å². The van der Waals surface area contributed by atoms with E-state index >= 15 is 0 Å². The summed E-state index contributed by atoms with van der Waals surface area (Å²) < 4.78 is 28.3. The molecular weight excluding hydrogens is 286 g/mol. The zero-order chi connectivity index (χ0) is 14.9. The van der Waals surface area contributed by atoms with E-state index in [2.05, 4.69) is 4.28 Å². The van der Waals surface area contributed by atoms with Crippen molar-refractivity contribution in [3.05, 3.63) is 66.7 Å². The van der Waals surface area contributed by atoms with Gasteiger partial charge >= 0.3 is 10.1 Å². The molecule has 0 spiro atoms. The minimum Gasteiger partial charge on any atom is -0.197 e. The van der Waals surface area contributed by atoms with Crippen molar-refractivity contribution in [2.45, 2.75) is 4.90 Å². The molecule has 0 fully saturated rings. The Morgan fingerprint density at radius 1 is 0.810 bits per heavy atom. The van der Waals surface area contributed by atoms with Gasteiger partial charge in [0, 0.05) is 5.39 Å². The molecule has 0 bridgehead atoms. The first-order chi connectivity index (χ1) is 10.1. The third-order valence-electron chi connectivity index (χ3n) is 3.35. The van der Waals surface area contributed by atoms with Gasteiger partial charge in [-0.3, -0.25) is 0 Å². The standard InChI is InChI=1S/C16H13NO3S/c17-20-21(18,19)15-11-5-9-13-8-4-10-14(16(13)15)12-6-2-1-3-7-12/h1-11H,17H2. The van der Waals surface area contributed by atoms with E-state index in [1.807, 2.05) is 54.6 Å². The molecule has 0 aliphatic heterocycles. The Balaban J connectivity index is 2.42. The van der Waals surface area contributed by atoms with Crippen molar-refractivity contribution < 1.29 is 12.7 Å². The number of fused-ring (bicyclic) bond motifs is 1. The first-order valence-corrected chi connectivity index (χ1v) is 7.75. The van der Waals surface area contributed by atoms with E-state index < -0.39 is 10.1 Å². The molecule has 0 aliphatic rings. The third-order valence-corrected chi connectivity index (χ3v) is 4.48. The second-order valence-corrected chi connectivity index (χ2v) is 6.12. The van der Waals surface area contributed by atoms with Gasteiger partial charge in [0.1, 0.15) is 4.90 Å². The second kappa shape index (κ2) is 5.29. The van der Waals surface area contributed by atoms with Gasteiger partial charge in [-0.15, -0.1) is 0 Å². The van der Waals surface area contributed by atoms with E-state index in [1.54, 1.807) is 6.07 Å². The highest BCUT2D eigenvalue weighted by Gasteiger charge is 2.19. The van der Waals surface area contributed by atoms with Gasteiger partial charge < -0.3 is 0 Å². The molecule has 106 valence electrons. The lowest BCUT2D eigenvalue weighted by molar-refractivity contribution is 0.333. The van der Waals surface area contributed by atoms with Crippen LogP contribution in [0.25, 0.3) is 21.9 Å². The van der Waals surface area contributed by atoms with Crippen LogP contribution < -0.4 is 5.90 Å². The molecule has 3 aromatic carbocycles. The van der Waals surface area contributed by atoms with Crippen LogP contribution in [-0.2, 0) is 14.4 Å². The molecular formula is C16H13NO3S. The summed E-state index contributed by atoms with van der Waals surface area (Å²) in [4.78, 5) is 0.0713. The van der Waals surface area contributed by atoms with Gasteiger partial charge in [0.25, 0.3) is 0 Å². The average molecular weight is 299 g/mol. The molecule has 0 unspecified atom stereocenters. The minimum absolute atomic E-state index is 0.0713. The molecule has 5 heteroatoms. The first-order valence-electron chi connectivity index (χ1n) is 6.34. The third kappa shape index (κ3) is 2.42. The maximum atomic E-state index is 12.1. The fourth-order valence-electron chi connectivity index (χ4n) is 2.43. The summed E-state index contributed by atoms with van der Waals surface area (Å²) >= 11 is 0. The summed E-state index contributed by atoms with van der Waals surface area (Å²) in [6, 6.07) is 20.2. The Hall–Kier alpha value is -2.21. The average Bonchev–Trinajstić information content (AvgIpc) is 2.54. The number of nitrogens with two attached hydrogens (primary N) is 1. The lowest BCUT2D eigenvalue weighted by atomic mass is 9.98. The van der Waals surface area contributed by atoms with Gasteiger partial charge in [-0.2, -0.15) is 18.6 Å². The Bertz CT molecular complexity index is 885. The fraction of sp³-hybridized carbons (Fsp3) is 0. The van der Waals surface area contributed by atoms with Crippen LogP contribution in [0.2, 0.25) is 0 Å². The highest BCUT2D eigenvalue weighted by atomic mass is 32.2. The Labute approximate surface area is 122 Å². The van der Waals surface area contributed by atoms with Crippen LogP contribution in [0.3, 0.4) is 0 Å². The van der Waals surface area contributed by atoms with Gasteiger partial charge in [-0.1, -0.05) is 60.7 Å². The number of benzene rings is 3. The molecule has 2 N–H and O–H groups in total. The van der Waals surface area contributed by atoms with Crippen molar-refractivity contribution in [2.75, 3.05) is 0 Å². The van der Waals surface area contributed by atoms with Crippen LogP contribution in [0.4, 0.5) is 0 Å². The molecule has 0 aromatic heterocycles. The molecule has 0 amide bonds. The lowest BCUT2D eigenvalue weighted by Crippen LogP contribution is -2.11. The summed E-state index contributed by atoms with van der Waals surface area (Å²) in [5.74, 6) is 4.93. The molecule has 3 rings (SSSR count). The van der Waals surface area contributed by atoms with Crippen LogP contribution in [0, 0.1) is 0 Å². The maximum Gasteiger partial charge on any atom is 0.313 e. The molecule has 3 aromatic rings. The number of rotatable bonds is 3. The first kappa shape index (κ1) is 13.8. The summed E-state index contributed by atoms with van der Waals surface area (Å²) in [5.41, 5.74) is 1.76. The minimum atomic E-state index is -3.98. The lowest BCUT2D eigenvalue weighted by Gasteiger charge is -2.11. The number of hydrogen-bond acceptors (Lipinski definition) is 4. The fourth-order valence-corrected chi connectivity index (χ4v) is 3.25. The molecule has 0 saturated carbocycles. The van der Waals surface area contributed by atoms with Crippen molar-refractivity contribution in [2.24, 2.45) is 5.90 Å². The highest BCUT2D eigenvalue weighted by molar-refractivity contribution is 7.87. The Morgan fingerprint density at radius 3 is 2.14 bits per heavy atom. The zero-order valence-electron chi connectivity index (χ0n) is 11.1. The number of hydrogen-bond donors (Lipinski definition) is 1. The van der Waals surface area contributed by atoms with Crippen molar-refractivity contribution in [1.29, 1.82) is 0 Å². The van der Waals surface area contributed by atoms with Gasteiger partial charge in [0.05, 0.1) is 0 Å². The van der Waals surface area contributed by atoms with Crippen LogP contribution in [-0.4, -0.2) is 8.42 Å². The Kier molecular flexibility index (Phi) is 3.47. The predicted octanol–water partition coefficient (Wildman–Crippen LogP) is 3.09. The Morgan fingerprint density at radius 2 is 1.48 bits per heavy atom. The summed E-state index contributed by atoms with van der Waals surface area (Å²) in [6.45, 7) is 0. The largest absolute Gasteiger partial charge is 0.313 e. The van der Waals surface area contributed by atoms with Crippen molar-refractivity contribution >= 4 is 20.9 Å². The van der Waals surface area contributed by atoms with E-state index in [0.29, 0.717) is 5.39 Å². The molecule has 21 heavy (non-hydrogen) atoms. The second-order valence-electron chi connectivity index (χ2n) is 4.58. The molecule has 0 saturated heterocycles. The van der Waals surface area contributed by atoms with Gasteiger partial charge in [-0.25, -0.2) is 0 Å². The van der Waals surface area contributed by atoms with Gasteiger partial charge in [-0.05, 0) is 22.6 Å². The normalized spacial score (nSPS) is 11.7. The summed E-state index contributed by atoms with van der Waals surface area (Å²) in [6.07, 6.45) is 0. The van der Waals surface area contributed by atoms with Crippen molar-refractivity contribution in [3.8, 4) is 11.1 Å². The van der Waals surface area contributed by atoms with E-state index in [-0.39, 0.29) is 4.90 Å². The van der Waals surface area contributed by atoms with E-state index in [0.717, 1.165) is 16.5 Å². The molecule has 0 heterocycles. The zero-order valence-corrected chi connectivity index (χ0v) is 11.9. The van der Waals surface area contributed by atoms with Crippen LogP contribution in [0.5, 0.6) is 0 Å². The molecule has 0 radical (unpaired) electrons. The predicted molar refractivity (Wildman–Crippen MR) is 81.8 cm³/mol. The molecule has 0 aliphatic carbocycles. The maximum absolute atomic E-state index is 12.1. The summed E-state index contributed by atoms with van der Waals surface area (Å²) in [5, 5.41) is 1.42.